The normalized spacial score (nSPS) is 37.8. The van der Waals surface area contributed by atoms with Gasteiger partial charge in [-0.25, -0.2) is 0 Å². The van der Waals surface area contributed by atoms with E-state index in [2.05, 4.69) is 17.1 Å². The summed E-state index contributed by atoms with van der Waals surface area (Å²) in [4.78, 5) is 2.82. The van der Waals surface area contributed by atoms with Crippen molar-refractivity contribution in [3.05, 3.63) is 0 Å². The monoisotopic (exact) mass is 250 g/mol. The Balaban J connectivity index is 1.53. The number of likely N-dealkylation sites (tertiary alicyclic amines) is 1. The lowest BCUT2D eigenvalue weighted by Gasteiger charge is -2.47. The van der Waals surface area contributed by atoms with E-state index in [0.29, 0.717) is 0 Å². The number of hydrogen-bond acceptors (Lipinski definition) is 2. The summed E-state index contributed by atoms with van der Waals surface area (Å²) in [6.45, 7) is 6.35. The quantitative estimate of drug-likeness (QED) is 0.769. The third-order valence-corrected chi connectivity index (χ3v) is 5.89. The van der Waals surface area contributed by atoms with Gasteiger partial charge in [-0.2, -0.15) is 0 Å². The molecule has 18 heavy (non-hydrogen) atoms. The van der Waals surface area contributed by atoms with Crippen LogP contribution in [0.15, 0.2) is 0 Å². The topological polar surface area (TPSA) is 15.3 Å². The highest BCUT2D eigenvalue weighted by molar-refractivity contribution is 4.91. The van der Waals surface area contributed by atoms with E-state index in [1.807, 2.05) is 0 Å². The van der Waals surface area contributed by atoms with Crippen LogP contribution in [0.3, 0.4) is 0 Å². The van der Waals surface area contributed by atoms with Crippen molar-refractivity contribution in [1.82, 2.24) is 10.2 Å². The predicted octanol–water partition coefficient (Wildman–Crippen LogP) is 3.17. The van der Waals surface area contributed by atoms with Gasteiger partial charge in [0.15, 0.2) is 0 Å². The van der Waals surface area contributed by atoms with Gasteiger partial charge in [-0.05, 0) is 70.5 Å². The molecule has 3 rings (SSSR count). The van der Waals surface area contributed by atoms with Gasteiger partial charge < -0.3 is 10.2 Å². The second-order valence-electron chi connectivity index (χ2n) is 7.13. The minimum atomic E-state index is 0.731. The van der Waals surface area contributed by atoms with E-state index < -0.39 is 0 Å². The van der Waals surface area contributed by atoms with Crippen LogP contribution < -0.4 is 5.32 Å². The largest absolute Gasteiger partial charge is 0.314 e. The summed E-state index contributed by atoms with van der Waals surface area (Å²) in [5.74, 6) is 0. The van der Waals surface area contributed by atoms with Crippen LogP contribution in [0.2, 0.25) is 0 Å². The molecular weight excluding hydrogens is 220 g/mol. The molecular formula is C16H30N2. The van der Waals surface area contributed by atoms with Gasteiger partial charge in [0, 0.05) is 12.1 Å². The average Bonchev–Trinajstić information content (AvgIpc) is 2.40. The molecule has 104 valence electrons. The zero-order chi connectivity index (χ0) is 12.4. The van der Waals surface area contributed by atoms with Gasteiger partial charge in [0.25, 0.3) is 0 Å². The first-order valence-electron chi connectivity index (χ1n) is 8.25. The van der Waals surface area contributed by atoms with Crippen molar-refractivity contribution in [3.63, 3.8) is 0 Å². The molecule has 0 aromatic carbocycles. The Morgan fingerprint density at radius 2 is 1.72 bits per heavy atom. The molecule has 3 aliphatic rings. The first-order chi connectivity index (χ1) is 8.77. The molecule has 2 heterocycles. The van der Waals surface area contributed by atoms with Crippen LogP contribution in [-0.2, 0) is 0 Å². The van der Waals surface area contributed by atoms with E-state index in [-0.39, 0.29) is 0 Å². The van der Waals surface area contributed by atoms with E-state index in [4.69, 9.17) is 0 Å². The summed E-state index contributed by atoms with van der Waals surface area (Å²) in [6.07, 6.45) is 13.3. The molecule has 0 aromatic rings. The Kier molecular flexibility index (Phi) is 3.95. The average molecular weight is 250 g/mol. The summed E-state index contributed by atoms with van der Waals surface area (Å²) in [7, 11) is 0. The lowest BCUT2D eigenvalue weighted by atomic mass is 9.68. The maximum absolute atomic E-state index is 3.58. The van der Waals surface area contributed by atoms with Crippen molar-refractivity contribution in [2.75, 3.05) is 19.6 Å². The van der Waals surface area contributed by atoms with Crippen molar-refractivity contribution in [1.29, 1.82) is 0 Å². The maximum atomic E-state index is 3.58. The fraction of sp³-hybridized carbons (Fsp3) is 1.00. The highest BCUT2D eigenvalue weighted by atomic mass is 15.2. The van der Waals surface area contributed by atoms with Gasteiger partial charge in [-0.1, -0.05) is 19.3 Å². The van der Waals surface area contributed by atoms with Gasteiger partial charge in [0.05, 0.1) is 0 Å². The SMILES string of the molecule is CC1CC(N2CCC3(CCCCC3)CC2)CCN1. The zero-order valence-electron chi connectivity index (χ0n) is 12.1. The minimum Gasteiger partial charge on any atom is -0.314 e. The van der Waals surface area contributed by atoms with E-state index in [9.17, 15) is 0 Å². The fourth-order valence-corrected chi connectivity index (χ4v) is 4.60. The second kappa shape index (κ2) is 5.50. The van der Waals surface area contributed by atoms with Crippen molar-refractivity contribution in [2.45, 2.75) is 76.8 Å². The lowest BCUT2D eigenvalue weighted by Crippen LogP contribution is -2.51. The summed E-state index contributed by atoms with van der Waals surface area (Å²) in [5.41, 5.74) is 0.771. The molecule has 0 amide bonds. The van der Waals surface area contributed by atoms with Crippen molar-refractivity contribution >= 4 is 0 Å². The number of nitrogens with zero attached hydrogens (tertiary/aromatic N) is 1. The fourth-order valence-electron chi connectivity index (χ4n) is 4.60. The van der Waals surface area contributed by atoms with Gasteiger partial charge in [0.2, 0.25) is 0 Å². The van der Waals surface area contributed by atoms with Crippen molar-refractivity contribution in [2.24, 2.45) is 5.41 Å². The molecule has 2 unspecified atom stereocenters. The van der Waals surface area contributed by atoms with Crippen LogP contribution in [0.1, 0.15) is 64.7 Å². The molecule has 2 heteroatoms. The third-order valence-electron chi connectivity index (χ3n) is 5.89. The molecule has 2 aliphatic heterocycles. The molecule has 0 aromatic heterocycles. The first kappa shape index (κ1) is 12.9. The molecule has 0 bridgehead atoms. The Labute approximate surface area is 113 Å². The second-order valence-corrected chi connectivity index (χ2v) is 7.13. The molecule has 1 N–H and O–H groups in total. The van der Waals surface area contributed by atoms with Gasteiger partial charge in [-0.15, -0.1) is 0 Å². The predicted molar refractivity (Wildman–Crippen MR) is 76.8 cm³/mol. The lowest BCUT2D eigenvalue weighted by molar-refractivity contribution is 0.0333. The molecule has 1 aliphatic carbocycles. The van der Waals surface area contributed by atoms with Crippen LogP contribution >= 0.6 is 0 Å². The summed E-state index contributed by atoms with van der Waals surface area (Å²) in [5, 5.41) is 3.58. The highest BCUT2D eigenvalue weighted by Gasteiger charge is 2.37. The zero-order valence-corrected chi connectivity index (χ0v) is 12.1. The van der Waals surface area contributed by atoms with Gasteiger partial charge in [0.1, 0.15) is 0 Å². The number of rotatable bonds is 1. The standard InChI is InChI=1S/C16H30N2/c1-14-13-15(5-10-17-14)18-11-8-16(9-12-18)6-3-2-4-7-16/h14-15,17H,2-13H2,1H3. The Bertz CT molecular complexity index is 260. The van der Waals surface area contributed by atoms with Gasteiger partial charge >= 0.3 is 0 Å². The Hall–Kier alpha value is -0.0800. The molecule has 0 radical (unpaired) electrons. The number of piperidine rings is 2. The molecule has 2 saturated heterocycles. The van der Waals surface area contributed by atoms with Crippen molar-refractivity contribution in [3.8, 4) is 0 Å². The summed E-state index contributed by atoms with van der Waals surface area (Å²) < 4.78 is 0. The van der Waals surface area contributed by atoms with Gasteiger partial charge in [-0.3, -0.25) is 0 Å². The molecule has 3 fully saturated rings. The number of nitrogens with one attached hydrogen (secondary N) is 1. The first-order valence-corrected chi connectivity index (χ1v) is 8.25. The maximum Gasteiger partial charge on any atom is 0.0122 e. The Morgan fingerprint density at radius 1 is 1.00 bits per heavy atom. The molecule has 1 saturated carbocycles. The van der Waals surface area contributed by atoms with Crippen molar-refractivity contribution < 1.29 is 0 Å². The molecule has 2 atom stereocenters. The van der Waals surface area contributed by atoms with Crippen LogP contribution in [-0.4, -0.2) is 36.6 Å². The highest BCUT2D eigenvalue weighted by Crippen LogP contribution is 2.45. The van der Waals surface area contributed by atoms with E-state index in [0.717, 1.165) is 17.5 Å². The smallest absolute Gasteiger partial charge is 0.0122 e. The van der Waals surface area contributed by atoms with Crippen LogP contribution in [0, 0.1) is 5.41 Å². The third kappa shape index (κ3) is 2.75. The van der Waals surface area contributed by atoms with E-state index in [1.54, 1.807) is 0 Å². The van der Waals surface area contributed by atoms with E-state index >= 15 is 0 Å². The number of hydrogen-bond donors (Lipinski definition) is 1. The molecule has 1 spiro atoms. The molecule has 2 nitrogen and oxygen atoms in total. The van der Waals surface area contributed by atoms with Crippen LogP contribution in [0.5, 0.6) is 0 Å². The summed E-state index contributed by atoms with van der Waals surface area (Å²) in [6, 6.07) is 1.61. The minimum absolute atomic E-state index is 0.731. The summed E-state index contributed by atoms with van der Waals surface area (Å²) >= 11 is 0. The Morgan fingerprint density at radius 3 is 2.39 bits per heavy atom. The van der Waals surface area contributed by atoms with E-state index in [1.165, 1.54) is 77.4 Å². The van der Waals surface area contributed by atoms with Crippen LogP contribution in [0.4, 0.5) is 0 Å². The van der Waals surface area contributed by atoms with Crippen LogP contribution in [0.25, 0.3) is 0 Å².